The number of hydrogen-bond acceptors (Lipinski definition) is 2. The number of carboxylic acid groups (broad SMARTS) is 1. The Morgan fingerprint density at radius 3 is 2.81 bits per heavy atom. The first-order valence-electron chi connectivity index (χ1n) is 7.55. The Kier molecular flexibility index (Phi) is 4.99. The Bertz CT molecular complexity index is 525. The fraction of sp³-hybridized carbons (Fsp3) is 0.529. The highest BCUT2D eigenvalue weighted by Gasteiger charge is 2.26. The van der Waals surface area contributed by atoms with Crippen LogP contribution in [0.4, 0.5) is 0 Å². The third-order valence-electron chi connectivity index (χ3n) is 3.97. The molecule has 1 aromatic rings. The summed E-state index contributed by atoms with van der Waals surface area (Å²) in [7, 11) is 0. The van der Waals surface area contributed by atoms with Crippen LogP contribution >= 0.6 is 0 Å². The number of likely N-dealkylation sites (tertiary alicyclic amines) is 1. The lowest BCUT2D eigenvalue weighted by atomic mass is 9.97. The minimum absolute atomic E-state index is 0.101. The molecule has 4 nitrogen and oxygen atoms in total. The summed E-state index contributed by atoms with van der Waals surface area (Å²) < 4.78 is 0. The minimum atomic E-state index is -0.956. The van der Waals surface area contributed by atoms with Gasteiger partial charge in [0, 0.05) is 13.1 Å². The molecule has 1 aliphatic rings. The molecule has 0 aliphatic carbocycles. The SMILES string of the molecule is CC(C)CC1CCN(C(=O)Cc2cccc(C(=O)O)c2)C1. The number of aromatic carboxylic acids is 1. The molecule has 1 amide bonds. The lowest BCUT2D eigenvalue weighted by Crippen LogP contribution is -2.30. The van der Waals surface area contributed by atoms with Crippen molar-refractivity contribution < 1.29 is 14.7 Å². The van der Waals surface area contributed by atoms with E-state index in [1.807, 2.05) is 11.0 Å². The highest BCUT2D eigenvalue weighted by molar-refractivity contribution is 5.88. The maximum absolute atomic E-state index is 12.3. The number of amides is 1. The number of hydrogen-bond donors (Lipinski definition) is 1. The van der Waals surface area contributed by atoms with Crippen LogP contribution in [0.25, 0.3) is 0 Å². The molecular weight excluding hydrogens is 266 g/mol. The zero-order valence-corrected chi connectivity index (χ0v) is 12.7. The van der Waals surface area contributed by atoms with Gasteiger partial charge in [-0.1, -0.05) is 26.0 Å². The van der Waals surface area contributed by atoms with Crippen LogP contribution in [-0.4, -0.2) is 35.0 Å². The first kappa shape index (κ1) is 15.5. The van der Waals surface area contributed by atoms with Gasteiger partial charge in [0.25, 0.3) is 0 Å². The second-order valence-corrected chi connectivity index (χ2v) is 6.31. The Morgan fingerprint density at radius 2 is 2.14 bits per heavy atom. The molecule has 1 N–H and O–H groups in total. The maximum atomic E-state index is 12.3. The summed E-state index contributed by atoms with van der Waals surface area (Å²) in [5, 5.41) is 8.98. The van der Waals surface area contributed by atoms with Crippen molar-refractivity contribution in [2.24, 2.45) is 11.8 Å². The van der Waals surface area contributed by atoms with Crippen LogP contribution in [0.5, 0.6) is 0 Å². The lowest BCUT2D eigenvalue weighted by molar-refractivity contribution is -0.129. The van der Waals surface area contributed by atoms with Crippen molar-refractivity contribution in [2.75, 3.05) is 13.1 Å². The molecule has 0 radical (unpaired) electrons. The van der Waals surface area contributed by atoms with Gasteiger partial charge in [-0.15, -0.1) is 0 Å². The van der Waals surface area contributed by atoms with E-state index in [0.717, 1.165) is 31.5 Å². The predicted molar refractivity (Wildman–Crippen MR) is 81.2 cm³/mol. The fourth-order valence-electron chi connectivity index (χ4n) is 3.02. The Morgan fingerprint density at radius 1 is 1.38 bits per heavy atom. The van der Waals surface area contributed by atoms with Gasteiger partial charge < -0.3 is 10.0 Å². The summed E-state index contributed by atoms with van der Waals surface area (Å²) in [4.78, 5) is 25.2. The van der Waals surface area contributed by atoms with Gasteiger partial charge in [-0.3, -0.25) is 4.79 Å². The van der Waals surface area contributed by atoms with E-state index in [2.05, 4.69) is 13.8 Å². The van der Waals surface area contributed by atoms with Crippen molar-refractivity contribution in [3.63, 3.8) is 0 Å². The normalized spacial score (nSPS) is 18.2. The highest BCUT2D eigenvalue weighted by atomic mass is 16.4. The van der Waals surface area contributed by atoms with E-state index in [-0.39, 0.29) is 17.9 Å². The van der Waals surface area contributed by atoms with Crippen LogP contribution in [0.1, 0.15) is 42.6 Å². The number of carbonyl (C=O) groups is 2. The Balaban J connectivity index is 1.93. The highest BCUT2D eigenvalue weighted by Crippen LogP contribution is 2.23. The first-order valence-corrected chi connectivity index (χ1v) is 7.55. The molecule has 2 rings (SSSR count). The van der Waals surface area contributed by atoms with Crippen molar-refractivity contribution in [3.05, 3.63) is 35.4 Å². The first-order chi connectivity index (χ1) is 9.95. The molecule has 1 atom stereocenters. The number of carboxylic acids is 1. The van der Waals surface area contributed by atoms with Gasteiger partial charge >= 0.3 is 5.97 Å². The largest absolute Gasteiger partial charge is 0.478 e. The molecule has 114 valence electrons. The third-order valence-corrected chi connectivity index (χ3v) is 3.97. The summed E-state index contributed by atoms with van der Waals surface area (Å²) in [6.07, 6.45) is 2.53. The van der Waals surface area contributed by atoms with Gasteiger partial charge in [0.2, 0.25) is 5.91 Å². The molecule has 0 bridgehead atoms. The van der Waals surface area contributed by atoms with Crippen LogP contribution in [-0.2, 0) is 11.2 Å². The van der Waals surface area contributed by atoms with E-state index in [1.165, 1.54) is 0 Å². The smallest absolute Gasteiger partial charge is 0.335 e. The monoisotopic (exact) mass is 289 g/mol. The zero-order valence-electron chi connectivity index (χ0n) is 12.7. The molecule has 1 saturated heterocycles. The molecule has 1 fully saturated rings. The van der Waals surface area contributed by atoms with E-state index in [9.17, 15) is 9.59 Å². The minimum Gasteiger partial charge on any atom is -0.478 e. The van der Waals surface area contributed by atoms with Crippen molar-refractivity contribution in [2.45, 2.75) is 33.1 Å². The average molecular weight is 289 g/mol. The molecule has 21 heavy (non-hydrogen) atoms. The molecule has 4 heteroatoms. The van der Waals surface area contributed by atoms with Crippen molar-refractivity contribution in [1.82, 2.24) is 4.90 Å². The summed E-state index contributed by atoms with van der Waals surface area (Å²) >= 11 is 0. The Labute approximate surface area is 125 Å². The molecule has 1 aliphatic heterocycles. The topological polar surface area (TPSA) is 57.6 Å². The summed E-state index contributed by atoms with van der Waals surface area (Å²) in [6, 6.07) is 6.64. The van der Waals surface area contributed by atoms with Gasteiger partial charge in [0.15, 0.2) is 0 Å². The molecule has 1 unspecified atom stereocenters. The van der Waals surface area contributed by atoms with Gasteiger partial charge in [0.1, 0.15) is 0 Å². The van der Waals surface area contributed by atoms with Crippen LogP contribution < -0.4 is 0 Å². The van der Waals surface area contributed by atoms with Gasteiger partial charge in [-0.05, 0) is 42.4 Å². The third kappa shape index (κ3) is 4.31. The molecule has 1 aromatic carbocycles. The van der Waals surface area contributed by atoms with Crippen LogP contribution in [0, 0.1) is 11.8 Å². The van der Waals surface area contributed by atoms with Crippen molar-refractivity contribution in [1.29, 1.82) is 0 Å². The molecule has 1 heterocycles. The number of nitrogens with zero attached hydrogens (tertiary/aromatic N) is 1. The van der Waals surface area contributed by atoms with Crippen LogP contribution in [0.2, 0.25) is 0 Å². The summed E-state index contributed by atoms with van der Waals surface area (Å²) in [5.41, 5.74) is 1.01. The van der Waals surface area contributed by atoms with Gasteiger partial charge in [-0.2, -0.15) is 0 Å². The summed E-state index contributed by atoms with van der Waals surface area (Å²) in [6.45, 7) is 6.09. The quantitative estimate of drug-likeness (QED) is 0.906. The molecular formula is C17H23NO3. The molecule has 0 aromatic heterocycles. The van der Waals surface area contributed by atoms with Crippen LogP contribution in [0.15, 0.2) is 24.3 Å². The number of rotatable bonds is 5. The van der Waals surface area contributed by atoms with Gasteiger partial charge in [0.05, 0.1) is 12.0 Å². The van der Waals surface area contributed by atoms with E-state index in [1.54, 1.807) is 18.2 Å². The summed E-state index contributed by atoms with van der Waals surface area (Å²) in [5.74, 6) is 0.419. The van der Waals surface area contributed by atoms with E-state index in [0.29, 0.717) is 11.8 Å². The Hall–Kier alpha value is -1.84. The predicted octanol–water partition coefficient (Wildman–Crippen LogP) is 2.82. The lowest BCUT2D eigenvalue weighted by Gasteiger charge is -2.17. The number of benzene rings is 1. The van der Waals surface area contributed by atoms with E-state index < -0.39 is 5.97 Å². The fourth-order valence-corrected chi connectivity index (χ4v) is 3.02. The second kappa shape index (κ2) is 6.74. The molecule has 0 spiro atoms. The second-order valence-electron chi connectivity index (χ2n) is 6.31. The van der Waals surface area contributed by atoms with Crippen molar-refractivity contribution >= 4 is 11.9 Å². The molecule has 0 saturated carbocycles. The van der Waals surface area contributed by atoms with Crippen LogP contribution in [0.3, 0.4) is 0 Å². The van der Waals surface area contributed by atoms with E-state index >= 15 is 0 Å². The maximum Gasteiger partial charge on any atom is 0.335 e. The van der Waals surface area contributed by atoms with E-state index in [4.69, 9.17) is 5.11 Å². The zero-order chi connectivity index (χ0) is 15.4. The van der Waals surface area contributed by atoms with Gasteiger partial charge in [-0.25, -0.2) is 4.79 Å². The van der Waals surface area contributed by atoms with Crippen molar-refractivity contribution in [3.8, 4) is 0 Å². The standard InChI is InChI=1S/C17H23NO3/c1-12(2)8-14-6-7-18(11-14)16(19)10-13-4-3-5-15(9-13)17(20)21/h3-5,9,12,14H,6-8,10-11H2,1-2H3,(H,20,21). The average Bonchev–Trinajstić information content (AvgIpc) is 2.86. The number of carbonyl (C=O) groups excluding carboxylic acids is 1.